The molecular formula is C6H10N2O. The highest BCUT2D eigenvalue weighted by molar-refractivity contribution is 4.87. The van der Waals surface area contributed by atoms with E-state index in [2.05, 4.69) is 11.4 Å². The number of rotatable bonds is 1. The summed E-state index contributed by atoms with van der Waals surface area (Å²) in [7, 11) is 0. The Bertz CT molecular complexity index is 130. The number of hydrogen-bond acceptors (Lipinski definition) is 3. The molecule has 0 aliphatic carbocycles. The predicted molar refractivity (Wildman–Crippen MR) is 32.6 cm³/mol. The number of aliphatic hydroxyl groups excluding tert-OH is 1. The molecule has 1 rings (SSSR count). The van der Waals surface area contributed by atoms with Gasteiger partial charge in [0.1, 0.15) is 0 Å². The second kappa shape index (κ2) is 2.81. The first-order chi connectivity index (χ1) is 4.33. The summed E-state index contributed by atoms with van der Waals surface area (Å²) >= 11 is 0. The molecule has 1 heterocycles. The van der Waals surface area contributed by atoms with Crippen LogP contribution in [-0.2, 0) is 0 Å². The lowest BCUT2D eigenvalue weighted by Crippen LogP contribution is -2.20. The molecule has 0 aromatic carbocycles. The van der Waals surface area contributed by atoms with Crippen molar-refractivity contribution in [1.82, 2.24) is 5.32 Å². The minimum Gasteiger partial charge on any atom is -0.392 e. The number of nitrogens with one attached hydrogen (secondary N) is 1. The SMILES string of the molecule is N#CC[C@@H]1C[C@@H](O)CN1. The lowest BCUT2D eigenvalue weighted by Gasteiger charge is -2.00. The van der Waals surface area contributed by atoms with Crippen molar-refractivity contribution in [3.05, 3.63) is 0 Å². The molecule has 0 aromatic rings. The Balaban J connectivity index is 2.24. The largest absolute Gasteiger partial charge is 0.392 e. The fraction of sp³-hybridized carbons (Fsp3) is 0.833. The Morgan fingerprint density at radius 2 is 2.56 bits per heavy atom. The molecule has 2 atom stereocenters. The lowest BCUT2D eigenvalue weighted by atomic mass is 10.1. The molecule has 1 fully saturated rings. The van der Waals surface area contributed by atoms with Crippen LogP contribution in [0, 0.1) is 11.3 Å². The summed E-state index contributed by atoms with van der Waals surface area (Å²) in [6.07, 6.45) is 1.01. The second-order valence-electron chi connectivity index (χ2n) is 2.36. The van der Waals surface area contributed by atoms with Crippen molar-refractivity contribution in [3.63, 3.8) is 0 Å². The Kier molecular flexibility index (Phi) is 2.04. The van der Waals surface area contributed by atoms with E-state index in [-0.39, 0.29) is 12.1 Å². The summed E-state index contributed by atoms with van der Waals surface area (Å²) in [5.74, 6) is 0. The third-order valence-corrected chi connectivity index (χ3v) is 1.54. The van der Waals surface area contributed by atoms with Crippen molar-refractivity contribution in [2.24, 2.45) is 0 Å². The van der Waals surface area contributed by atoms with E-state index in [4.69, 9.17) is 10.4 Å². The van der Waals surface area contributed by atoms with Gasteiger partial charge in [-0.2, -0.15) is 5.26 Å². The van der Waals surface area contributed by atoms with Crippen molar-refractivity contribution in [2.75, 3.05) is 6.54 Å². The fourth-order valence-corrected chi connectivity index (χ4v) is 1.06. The fourth-order valence-electron chi connectivity index (χ4n) is 1.06. The summed E-state index contributed by atoms with van der Waals surface area (Å²) < 4.78 is 0. The first kappa shape index (κ1) is 6.53. The van der Waals surface area contributed by atoms with Crippen molar-refractivity contribution in [2.45, 2.75) is 25.0 Å². The highest BCUT2D eigenvalue weighted by Gasteiger charge is 2.20. The molecule has 0 unspecified atom stereocenters. The van der Waals surface area contributed by atoms with E-state index < -0.39 is 0 Å². The molecule has 0 aromatic heterocycles. The smallest absolute Gasteiger partial charge is 0.0679 e. The van der Waals surface area contributed by atoms with Crippen LogP contribution in [0.5, 0.6) is 0 Å². The monoisotopic (exact) mass is 126 g/mol. The van der Waals surface area contributed by atoms with E-state index >= 15 is 0 Å². The molecule has 3 nitrogen and oxygen atoms in total. The average Bonchev–Trinajstić information content (AvgIpc) is 2.17. The minimum absolute atomic E-state index is 0.227. The molecule has 9 heavy (non-hydrogen) atoms. The molecule has 0 radical (unpaired) electrons. The molecule has 2 N–H and O–H groups in total. The molecule has 3 heteroatoms. The van der Waals surface area contributed by atoms with Crippen LogP contribution in [-0.4, -0.2) is 23.8 Å². The quantitative estimate of drug-likeness (QED) is 0.503. The minimum atomic E-state index is -0.233. The summed E-state index contributed by atoms with van der Waals surface area (Å²) in [6, 6.07) is 2.28. The van der Waals surface area contributed by atoms with E-state index in [1.165, 1.54) is 0 Å². The van der Waals surface area contributed by atoms with Crippen LogP contribution in [0.4, 0.5) is 0 Å². The van der Waals surface area contributed by atoms with Gasteiger partial charge in [-0.25, -0.2) is 0 Å². The van der Waals surface area contributed by atoms with Gasteiger partial charge in [0.25, 0.3) is 0 Å². The Hall–Kier alpha value is -0.590. The molecule has 0 saturated carbocycles. The average molecular weight is 126 g/mol. The summed E-state index contributed by atoms with van der Waals surface area (Å²) in [5, 5.41) is 20.2. The molecule has 1 aliphatic heterocycles. The maximum atomic E-state index is 8.95. The van der Waals surface area contributed by atoms with Crippen molar-refractivity contribution in [3.8, 4) is 6.07 Å². The molecule has 0 bridgehead atoms. The van der Waals surface area contributed by atoms with E-state index in [1.807, 2.05) is 0 Å². The van der Waals surface area contributed by atoms with Crippen LogP contribution < -0.4 is 5.32 Å². The predicted octanol–water partition coefficient (Wildman–Crippen LogP) is -0.377. The first-order valence-electron chi connectivity index (χ1n) is 3.11. The number of nitriles is 1. The van der Waals surface area contributed by atoms with E-state index in [1.54, 1.807) is 0 Å². The molecule has 0 spiro atoms. The van der Waals surface area contributed by atoms with Crippen LogP contribution in [0.2, 0.25) is 0 Å². The Labute approximate surface area is 54.3 Å². The van der Waals surface area contributed by atoms with Gasteiger partial charge >= 0.3 is 0 Å². The molecule has 50 valence electrons. The van der Waals surface area contributed by atoms with Gasteiger partial charge in [-0.05, 0) is 6.42 Å². The van der Waals surface area contributed by atoms with Gasteiger partial charge in [0.2, 0.25) is 0 Å². The number of nitrogens with zero attached hydrogens (tertiary/aromatic N) is 1. The maximum Gasteiger partial charge on any atom is 0.0679 e. The van der Waals surface area contributed by atoms with Crippen molar-refractivity contribution >= 4 is 0 Å². The van der Waals surface area contributed by atoms with Gasteiger partial charge < -0.3 is 10.4 Å². The third-order valence-electron chi connectivity index (χ3n) is 1.54. The third kappa shape index (κ3) is 1.67. The van der Waals surface area contributed by atoms with E-state index in [0.717, 1.165) is 6.42 Å². The first-order valence-corrected chi connectivity index (χ1v) is 3.11. The lowest BCUT2D eigenvalue weighted by molar-refractivity contribution is 0.193. The molecular weight excluding hydrogens is 116 g/mol. The Morgan fingerprint density at radius 3 is 3.00 bits per heavy atom. The van der Waals surface area contributed by atoms with Gasteiger partial charge in [0.15, 0.2) is 0 Å². The number of hydrogen-bond donors (Lipinski definition) is 2. The summed E-state index contributed by atoms with van der Waals surface area (Å²) in [5.41, 5.74) is 0. The Morgan fingerprint density at radius 1 is 1.78 bits per heavy atom. The van der Waals surface area contributed by atoms with Gasteiger partial charge in [0, 0.05) is 12.6 Å². The summed E-state index contributed by atoms with van der Waals surface area (Å²) in [4.78, 5) is 0. The topological polar surface area (TPSA) is 56.0 Å². The highest BCUT2D eigenvalue weighted by Crippen LogP contribution is 2.07. The molecule has 0 amide bonds. The second-order valence-corrected chi connectivity index (χ2v) is 2.36. The van der Waals surface area contributed by atoms with Crippen LogP contribution in [0.1, 0.15) is 12.8 Å². The zero-order valence-corrected chi connectivity index (χ0v) is 5.17. The van der Waals surface area contributed by atoms with E-state index in [0.29, 0.717) is 13.0 Å². The zero-order chi connectivity index (χ0) is 6.69. The number of aliphatic hydroxyl groups is 1. The maximum absolute atomic E-state index is 8.95. The normalized spacial score (nSPS) is 34.2. The summed E-state index contributed by atoms with van der Waals surface area (Å²) in [6.45, 7) is 0.645. The van der Waals surface area contributed by atoms with Gasteiger partial charge in [-0.3, -0.25) is 0 Å². The molecule has 1 saturated heterocycles. The zero-order valence-electron chi connectivity index (χ0n) is 5.17. The van der Waals surface area contributed by atoms with Crippen LogP contribution in [0.3, 0.4) is 0 Å². The van der Waals surface area contributed by atoms with E-state index in [9.17, 15) is 0 Å². The number of β-amino-alcohol motifs (C(OH)–C–C–N with tert-alkyl or cyclic N) is 1. The highest BCUT2D eigenvalue weighted by atomic mass is 16.3. The standard InChI is InChI=1S/C6H10N2O/c7-2-1-5-3-6(9)4-8-5/h5-6,8-9H,1,3-4H2/t5-,6-/m1/s1. The van der Waals surface area contributed by atoms with Crippen molar-refractivity contribution < 1.29 is 5.11 Å². The van der Waals surface area contributed by atoms with Gasteiger partial charge in [0.05, 0.1) is 18.6 Å². The van der Waals surface area contributed by atoms with Gasteiger partial charge in [-0.1, -0.05) is 0 Å². The van der Waals surface area contributed by atoms with Crippen LogP contribution in [0.15, 0.2) is 0 Å². The molecule has 1 aliphatic rings. The van der Waals surface area contributed by atoms with Gasteiger partial charge in [-0.15, -0.1) is 0 Å². The van der Waals surface area contributed by atoms with Crippen LogP contribution >= 0.6 is 0 Å². The van der Waals surface area contributed by atoms with Crippen LogP contribution in [0.25, 0.3) is 0 Å². The van der Waals surface area contributed by atoms with Crippen molar-refractivity contribution in [1.29, 1.82) is 5.26 Å².